The Labute approximate surface area is 197 Å². The average Bonchev–Trinajstić information content (AvgIpc) is 3.55. The third kappa shape index (κ3) is 4.28. The summed E-state index contributed by atoms with van der Waals surface area (Å²) in [5, 5.41) is 29.5. The van der Waals surface area contributed by atoms with Gasteiger partial charge in [0, 0.05) is 11.6 Å². The van der Waals surface area contributed by atoms with Crippen molar-refractivity contribution in [2.24, 2.45) is 0 Å². The topological polar surface area (TPSA) is 177 Å². The molecule has 35 heavy (non-hydrogen) atoms. The first-order valence-electron chi connectivity index (χ1n) is 9.93. The van der Waals surface area contributed by atoms with Crippen molar-refractivity contribution in [3.63, 3.8) is 0 Å². The molecule has 0 saturated carbocycles. The Morgan fingerprint density at radius 1 is 1.09 bits per heavy atom. The molecule has 0 bridgehead atoms. The van der Waals surface area contributed by atoms with Crippen LogP contribution >= 0.6 is 0 Å². The van der Waals surface area contributed by atoms with Crippen molar-refractivity contribution in [3.05, 3.63) is 78.0 Å². The second-order valence-corrected chi connectivity index (χ2v) is 8.66. The minimum atomic E-state index is -4.05. The zero-order valence-corrected chi connectivity index (χ0v) is 18.4. The highest BCUT2D eigenvalue weighted by molar-refractivity contribution is 7.87. The van der Waals surface area contributed by atoms with Gasteiger partial charge in [0.25, 0.3) is 5.91 Å². The standard InChI is InChI=1S/C22H13N7O5S/c23-12-13-6-9-18(17(10-13)21-25-28-29-26-21)24-22(30)20-16-8-7-14(11-19(16)33-27-20)34-35(31,32)15-4-2-1-3-5-15/h1-11H,(H,24,30)(H,25,26,28,29). The average molecular weight is 487 g/mol. The molecule has 13 heteroatoms. The maximum Gasteiger partial charge on any atom is 0.339 e. The molecule has 172 valence electrons. The van der Waals surface area contributed by atoms with Crippen LogP contribution in [0.4, 0.5) is 5.69 Å². The molecule has 2 N–H and O–H groups in total. The van der Waals surface area contributed by atoms with E-state index in [-0.39, 0.29) is 27.7 Å². The van der Waals surface area contributed by atoms with E-state index in [0.717, 1.165) is 0 Å². The highest BCUT2D eigenvalue weighted by atomic mass is 32.2. The minimum absolute atomic E-state index is 0.00193. The van der Waals surface area contributed by atoms with E-state index in [1.807, 2.05) is 6.07 Å². The molecule has 0 unspecified atom stereocenters. The van der Waals surface area contributed by atoms with Gasteiger partial charge in [0.2, 0.25) is 0 Å². The molecule has 1 amide bonds. The molecule has 0 saturated heterocycles. The number of hydrogen-bond acceptors (Lipinski definition) is 10. The summed E-state index contributed by atoms with van der Waals surface area (Å²) in [7, 11) is -4.05. The fourth-order valence-electron chi connectivity index (χ4n) is 3.27. The van der Waals surface area contributed by atoms with Gasteiger partial charge in [0.1, 0.15) is 10.6 Å². The van der Waals surface area contributed by atoms with E-state index in [0.29, 0.717) is 22.2 Å². The van der Waals surface area contributed by atoms with E-state index >= 15 is 0 Å². The number of hydrogen-bond donors (Lipinski definition) is 2. The number of nitrogens with zero attached hydrogens (tertiary/aromatic N) is 5. The predicted octanol–water partition coefficient (Wildman–Crippen LogP) is 2.90. The summed E-state index contributed by atoms with van der Waals surface area (Å²) >= 11 is 0. The van der Waals surface area contributed by atoms with Crippen molar-refractivity contribution in [2.45, 2.75) is 4.90 Å². The molecule has 3 aromatic carbocycles. The quantitative estimate of drug-likeness (QED) is 0.338. The largest absolute Gasteiger partial charge is 0.379 e. The van der Waals surface area contributed by atoms with Crippen LogP contribution in [0.2, 0.25) is 0 Å². The second kappa shape index (κ2) is 8.69. The van der Waals surface area contributed by atoms with E-state index < -0.39 is 16.0 Å². The lowest BCUT2D eigenvalue weighted by atomic mass is 10.1. The Kier molecular flexibility index (Phi) is 5.40. The van der Waals surface area contributed by atoms with Crippen LogP contribution in [0.5, 0.6) is 5.75 Å². The van der Waals surface area contributed by atoms with E-state index in [1.54, 1.807) is 18.2 Å². The van der Waals surface area contributed by atoms with Crippen LogP contribution in [0.1, 0.15) is 16.1 Å². The third-order valence-electron chi connectivity index (χ3n) is 4.89. The number of amides is 1. The number of rotatable bonds is 6. The van der Waals surface area contributed by atoms with Crippen molar-refractivity contribution < 1.29 is 21.9 Å². The highest BCUT2D eigenvalue weighted by Gasteiger charge is 2.21. The lowest BCUT2D eigenvalue weighted by Crippen LogP contribution is -2.13. The molecule has 12 nitrogen and oxygen atoms in total. The number of tetrazole rings is 1. The number of carbonyl (C=O) groups is 1. The molecular formula is C22H13N7O5S. The van der Waals surface area contributed by atoms with Gasteiger partial charge >= 0.3 is 10.1 Å². The number of aromatic nitrogens is 5. The molecule has 0 fully saturated rings. The maximum absolute atomic E-state index is 13.0. The Morgan fingerprint density at radius 3 is 2.66 bits per heavy atom. The first-order chi connectivity index (χ1) is 16.9. The number of fused-ring (bicyclic) bond motifs is 1. The zero-order valence-electron chi connectivity index (χ0n) is 17.5. The summed E-state index contributed by atoms with van der Waals surface area (Å²) in [5.41, 5.74) is 1.19. The lowest BCUT2D eigenvalue weighted by molar-refractivity contribution is 0.102. The van der Waals surface area contributed by atoms with Gasteiger partial charge in [-0.3, -0.25) is 4.79 Å². The van der Waals surface area contributed by atoms with Gasteiger partial charge in [-0.25, -0.2) is 5.10 Å². The van der Waals surface area contributed by atoms with Gasteiger partial charge in [-0.1, -0.05) is 23.4 Å². The van der Waals surface area contributed by atoms with Crippen LogP contribution in [0.3, 0.4) is 0 Å². The third-order valence-corrected chi connectivity index (χ3v) is 6.16. The van der Waals surface area contributed by atoms with Crippen LogP contribution < -0.4 is 9.50 Å². The molecule has 0 aliphatic rings. The number of anilines is 1. The Balaban J connectivity index is 1.42. The molecule has 5 rings (SSSR count). The monoisotopic (exact) mass is 487 g/mol. The van der Waals surface area contributed by atoms with E-state index in [1.165, 1.54) is 48.5 Å². The van der Waals surface area contributed by atoms with Gasteiger partial charge in [-0.2, -0.15) is 13.7 Å². The summed E-state index contributed by atoms with van der Waals surface area (Å²) in [6.45, 7) is 0. The van der Waals surface area contributed by atoms with E-state index in [9.17, 15) is 18.5 Å². The maximum atomic E-state index is 13.0. The summed E-state index contributed by atoms with van der Waals surface area (Å²) < 4.78 is 35.3. The molecule has 0 atom stereocenters. The number of nitriles is 1. The number of nitrogens with one attached hydrogen (secondary N) is 2. The molecule has 0 spiro atoms. The van der Waals surface area contributed by atoms with Crippen LogP contribution in [-0.4, -0.2) is 40.1 Å². The molecule has 0 aliphatic heterocycles. The smallest absolute Gasteiger partial charge is 0.339 e. The van der Waals surface area contributed by atoms with Crippen molar-refractivity contribution in [1.82, 2.24) is 25.8 Å². The van der Waals surface area contributed by atoms with E-state index in [4.69, 9.17) is 8.71 Å². The van der Waals surface area contributed by atoms with Crippen molar-refractivity contribution in [3.8, 4) is 23.2 Å². The molecular weight excluding hydrogens is 474 g/mol. The minimum Gasteiger partial charge on any atom is -0.379 e. The lowest BCUT2D eigenvalue weighted by Gasteiger charge is -2.08. The predicted molar refractivity (Wildman–Crippen MR) is 121 cm³/mol. The Morgan fingerprint density at radius 2 is 1.91 bits per heavy atom. The summed E-state index contributed by atoms with van der Waals surface area (Å²) in [5.74, 6) is -0.353. The van der Waals surface area contributed by atoms with Crippen molar-refractivity contribution in [2.75, 3.05) is 5.32 Å². The van der Waals surface area contributed by atoms with Gasteiger partial charge in [-0.05, 0) is 52.9 Å². The van der Waals surface area contributed by atoms with Crippen LogP contribution in [0.15, 0.2) is 76.1 Å². The molecule has 2 heterocycles. The SMILES string of the molecule is N#Cc1ccc(NC(=O)c2noc3cc(OS(=O)(=O)c4ccccc4)ccc23)c(-c2nnn[nH]2)c1. The fourth-order valence-corrected chi connectivity index (χ4v) is 4.21. The van der Waals surface area contributed by atoms with Gasteiger partial charge < -0.3 is 14.0 Å². The second-order valence-electron chi connectivity index (χ2n) is 7.12. The number of aromatic amines is 1. The fraction of sp³-hybridized carbons (Fsp3) is 0. The van der Waals surface area contributed by atoms with Crippen molar-refractivity contribution in [1.29, 1.82) is 5.26 Å². The Hall–Kier alpha value is -5.09. The molecule has 2 aromatic heterocycles. The molecule has 0 radical (unpaired) electrons. The van der Waals surface area contributed by atoms with Gasteiger partial charge in [0.15, 0.2) is 17.1 Å². The summed E-state index contributed by atoms with van der Waals surface area (Å²) in [4.78, 5) is 13.0. The summed E-state index contributed by atoms with van der Waals surface area (Å²) in [6, 6.07) is 18.5. The molecule has 0 aliphatic carbocycles. The van der Waals surface area contributed by atoms with Gasteiger partial charge in [-0.15, -0.1) is 5.10 Å². The number of benzene rings is 3. The first-order valence-corrected chi connectivity index (χ1v) is 11.3. The van der Waals surface area contributed by atoms with Crippen LogP contribution in [0, 0.1) is 11.3 Å². The van der Waals surface area contributed by atoms with Gasteiger partial charge in [0.05, 0.1) is 22.7 Å². The van der Waals surface area contributed by atoms with Crippen molar-refractivity contribution >= 4 is 32.7 Å². The summed E-state index contributed by atoms with van der Waals surface area (Å²) in [6.07, 6.45) is 0. The van der Waals surface area contributed by atoms with Crippen LogP contribution in [-0.2, 0) is 10.1 Å². The number of carbonyl (C=O) groups excluding carboxylic acids is 1. The van der Waals surface area contributed by atoms with Crippen LogP contribution in [0.25, 0.3) is 22.4 Å². The molecule has 5 aromatic rings. The highest BCUT2D eigenvalue weighted by Crippen LogP contribution is 2.29. The zero-order chi connectivity index (χ0) is 24.4. The van der Waals surface area contributed by atoms with E-state index in [2.05, 4.69) is 31.1 Å². The Bertz CT molecular complexity index is 1690. The number of H-pyrrole nitrogens is 1. The first kappa shape index (κ1) is 21.7. The normalized spacial score (nSPS) is 11.2.